The van der Waals surface area contributed by atoms with E-state index in [-0.39, 0.29) is 0 Å². The van der Waals surface area contributed by atoms with Crippen molar-refractivity contribution in [1.82, 2.24) is 0 Å². The van der Waals surface area contributed by atoms with Gasteiger partial charge < -0.3 is 9.47 Å². The lowest BCUT2D eigenvalue weighted by atomic mass is 9.98. The normalized spacial score (nSPS) is 10.1. The smallest absolute Gasteiger partial charge is 0.150 e. The maximum absolute atomic E-state index is 13.4. The molecular weight excluding hydrogens is 247 g/mol. The Balaban J connectivity index is 2.76. The van der Waals surface area contributed by atoms with Crippen LogP contribution in [0.1, 0.15) is 10.4 Å². The third kappa shape index (κ3) is 2.42. The molecule has 0 N–H and O–H groups in total. The van der Waals surface area contributed by atoms with Crippen molar-refractivity contribution >= 4 is 6.29 Å². The molecule has 0 amide bonds. The van der Waals surface area contributed by atoms with Gasteiger partial charge in [-0.3, -0.25) is 4.79 Å². The Morgan fingerprint density at radius 1 is 1.05 bits per heavy atom. The molecule has 3 nitrogen and oxygen atoms in total. The van der Waals surface area contributed by atoms with Gasteiger partial charge in [-0.05, 0) is 30.3 Å². The van der Waals surface area contributed by atoms with E-state index < -0.39 is 5.82 Å². The number of carbonyl (C=O) groups is 1. The van der Waals surface area contributed by atoms with Crippen molar-refractivity contribution in [2.75, 3.05) is 14.2 Å². The zero-order chi connectivity index (χ0) is 13.8. The van der Waals surface area contributed by atoms with Crippen LogP contribution in [0, 0.1) is 5.82 Å². The summed E-state index contributed by atoms with van der Waals surface area (Å²) in [5.41, 5.74) is 1.39. The summed E-state index contributed by atoms with van der Waals surface area (Å²) in [5.74, 6) is 0.620. The molecule has 0 saturated carbocycles. The molecule has 0 aliphatic heterocycles. The van der Waals surface area contributed by atoms with E-state index >= 15 is 0 Å². The zero-order valence-electron chi connectivity index (χ0n) is 10.6. The highest BCUT2D eigenvalue weighted by Crippen LogP contribution is 2.39. The van der Waals surface area contributed by atoms with Crippen LogP contribution < -0.4 is 9.47 Å². The van der Waals surface area contributed by atoms with Crippen molar-refractivity contribution in [3.05, 3.63) is 47.8 Å². The molecule has 0 aliphatic carbocycles. The van der Waals surface area contributed by atoms with Crippen LogP contribution in [0.3, 0.4) is 0 Å². The first-order chi connectivity index (χ1) is 9.21. The number of hydrogen-bond donors (Lipinski definition) is 0. The van der Waals surface area contributed by atoms with Crippen molar-refractivity contribution in [2.24, 2.45) is 0 Å². The minimum atomic E-state index is -0.423. The topological polar surface area (TPSA) is 35.5 Å². The van der Waals surface area contributed by atoms with Gasteiger partial charge in [0.25, 0.3) is 0 Å². The van der Waals surface area contributed by atoms with E-state index in [0.717, 1.165) is 0 Å². The van der Waals surface area contributed by atoms with Gasteiger partial charge in [-0.2, -0.15) is 0 Å². The molecule has 0 bridgehead atoms. The largest absolute Gasteiger partial charge is 0.496 e. The fourth-order valence-corrected chi connectivity index (χ4v) is 1.96. The standard InChI is InChI=1S/C15H13FO3/c1-18-13-4-3-5-14(19-2)15(13)12-8-11(16)7-6-10(12)9-17/h3-9H,1-2H3. The summed E-state index contributed by atoms with van der Waals surface area (Å²) in [6.07, 6.45) is 0.681. The second-order valence-corrected chi connectivity index (χ2v) is 3.89. The Labute approximate surface area is 110 Å². The molecule has 0 radical (unpaired) electrons. The van der Waals surface area contributed by atoms with E-state index in [1.54, 1.807) is 18.2 Å². The van der Waals surface area contributed by atoms with Gasteiger partial charge in [-0.15, -0.1) is 0 Å². The first-order valence-electron chi connectivity index (χ1n) is 5.67. The summed E-state index contributed by atoms with van der Waals surface area (Å²) >= 11 is 0. The van der Waals surface area contributed by atoms with Crippen LogP contribution in [-0.4, -0.2) is 20.5 Å². The molecular formula is C15H13FO3. The first kappa shape index (κ1) is 13.1. The fourth-order valence-electron chi connectivity index (χ4n) is 1.96. The molecule has 0 atom stereocenters. The third-order valence-corrected chi connectivity index (χ3v) is 2.84. The highest BCUT2D eigenvalue weighted by atomic mass is 19.1. The molecule has 0 saturated heterocycles. The average Bonchev–Trinajstić information content (AvgIpc) is 2.46. The van der Waals surface area contributed by atoms with Gasteiger partial charge in [-0.25, -0.2) is 4.39 Å². The van der Waals surface area contributed by atoms with Crippen molar-refractivity contribution in [2.45, 2.75) is 0 Å². The first-order valence-corrected chi connectivity index (χ1v) is 5.67. The van der Waals surface area contributed by atoms with E-state index in [1.165, 1.54) is 32.4 Å². The summed E-state index contributed by atoms with van der Waals surface area (Å²) in [5, 5.41) is 0. The van der Waals surface area contributed by atoms with E-state index in [0.29, 0.717) is 34.5 Å². The van der Waals surface area contributed by atoms with E-state index in [1.807, 2.05) is 0 Å². The van der Waals surface area contributed by atoms with Crippen LogP contribution in [0.15, 0.2) is 36.4 Å². The van der Waals surface area contributed by atoms with Crippen LogP contribution in [0.5, 0.6) is 11.5 Å². The predicted molar refractivity (Wildman–Crippen MR) is 70.3 cm³/mol. The Morgan fingerprint density at radius 3 is 2.21 bits per heavy atom. The van der Waals surface area contributed by atoms with Gasteiger partial charge >= 0.3 is 0 Å². The highest BCUT2D eigenvalue weighted by Gasteiger charge is 2.16. The Kier molecular flexibility index (Phi) is 3.80. The predicted octanol–water partition coefficient (Wildman–Crippen LogP) is 3.32. The molecule has 0 aliphatic rings. The number of halogens is 1. The second-order valence-electron chi connectivity index (χ2n) is 3.89. The van der Waals surface area contributed by atoms with E-state index in [9.17, 15) is 9.18 Å². The Morgan fingerprint density at radius 2 is 1.68 bits per heavy atom. The summed E-state index contributed by atoms with van der Waals surface area (Å²) in [6.45, 7) is 0. The molecule has 0 heterocycles. The second kappa shape index (κ2) is 5.52. The lowest BCUT2D eigenvalue weighted by Gasteiger charge is -2.14. The van der Waals surface area contributed by atoms with Crippen molar-refractivity contribution in [3.63, 3.8) is 0 Å². The maximum atomic E-state index is 13.4. The number of carbonyl (C=O) groups excluding carboxylic acids is 1. The number of aldehydes is 1. The molecule has 0 aromatic heterocycles. The number of methoxy groups -OCH3 is 2. The van der Waals surface area contributed by atoms with Gasteiger partial charge in [0, 0.05) is 11.1 Å². The molecule has 2 aromatic rings. The zero-order valence-corrected chi connectivity index (χ0v) is 10.6. The van der Waals surface area contributed by atoms with Crippen LogP contribution in [0.25, 0.3) is 11.1 Å². The van der Waals surface area contributed by atoms with Gasteiger partial charge in [0.2, 0.25) is 0 Å². The number of ether oxygens (including phenoxy) is 2. The summed E-state index contributed by atoms with van der Waals surface area (Å²) in [7, 11) is 3.02. The molecule has 19 heavy (non-hydrogen) atoms. The fraction of sp³-hybridized carbons (Fsp3) is 0.133. The van der Waals surface area contributed by atoms with Gasteiger partial charge in [0.1, 0.15) is 17.3 Å². The quantitative estimate of drug-likeness (QED) is 0.791. The summed E-state index contributed by atoms with van der Waals surface area (Å²) in [6, 6.07) is 9.21. The van der Waals surface area contributed by atoms with Crippen LogP contribution in [0.2, 0.25) is 0 Å². The van der Waals surface area contributed by atoms with Crippen molar-refractivity contribution in [3.8, 4) is 22.6 Å². The summed E-state index contributed by atoms with van der Waals surface area (Å²) < 4.78 is 24.0. The van der Waals surface area contributed by atoms with Crippen molar-refractivity contribution < 1.29 is 18.7 Å². The Bertz CT molecular complexity index is 586. The maximum Gasteiger partial charge on any atom is 0.150 e. The molecule has 98 valence electrons. The minimum absolute atomic E-state index is 0.379. The molecule has 0 fully saturated rings. The third-order valence-electron chi connectivity index (χ3n) is 2.84. The van der Waals surface area contributed by atoms with E-state index in [2.05, 4.69) is 0 Å². The van der Waals surface area contributed by atoms with Gasteiger partial charge in [-0.1, -0.05) is 6.07 Å². The molecule has 4 heteroatoms. The number of hydrogen-bond acceptors (Lipinski definition) is 3. The minimum Gasteiger partial charge on any atom is -0.496 e. The lowest BCUT2D eigenvalue weighted by molar-refractivity contribution is 0.112. The van der Waals surface area contributed by atoms with Crippen LogP contribution in [0.4, 0.5) is 4.39 Å². The van der Waals surface area contributed by atoms with Gasteiger partial charge in [0.15, 0.2) is 6.29 Å². The van der Waals surface area contributed by atoms with Crippen LogP contribution >= 0.6 is 0 Å². The van der Waals surface area contributed by atoms with Crippen LogP contribution in [-0.2, 0) is 0 Å². The molecule has 0 spiro atoms. The average molecular weight is 260 g/mol. The molecule has 2 rings (SSSR count). The van der Waals surface area contributed by atoms with Crippen molar-refractivity contribution in [1.29, 1.82) is 0 Å². The van der Waals surface area contributed by atoms with Gasteiger partial charge in [0.05, 0.1) is 19.8 Å². The molecule has 0 unspecified atom stereocenters. The monoisotopic (exact) mass is 260 g/mol. The molecule has 2 aromatic carbocycles. The number of rotatable bonds is 4. The Hall–Kier alpha value is -2.36. The number of benzene rings is 2. The SMILES string of the molecule is COc1cccc(OC)c1-c1cc(F)ccc1C=O. The van der Waals surface area contributed by atoms with E-state index in [4.69, 9.17) is 9.47 Å². The lowest BCUT2D eigenvalue weighted by Crippen LogP contribution is -1.96. The summed E-state index contributed by atoms with van der Waals surface area (Å²) in [4.78, 5) is 11.1. The highest BCUT2D eigenvalue weighted by molar-refractivity contribution is 5.91.